The van der Waals surface area contributed by atoms with Gasteiger partial charge in [0.1, 0.15) is 50.1 Å². The molecular formula is C72H86B3ClF6N14O9. The topological polar surface area (TPSA) is 185 Å². The van der Waals surface area contributed by atoms with Gasteiger partial charge in [-0.05, 0) is 128 Å². The Morgan fingerprint density at radius 2 is 0.962 bits per heavy atom. The molecule has 0 unspecified atom stereocenters. The summed E-state index contributed by atoms with van der Waals surface area (Å²) >= 11 is 6.06. The molecule has 7 aliphatic rings. The van der Waals surface area contributed by atoms with Crippen LogP contribution in [0.2, 0.25) is 25.5 Å². The maximum absolute atomic E-state index is 14.2. The van der Waals surface area contributed by atoms with E-state index < -0.39 is 47.7 Å². The third kappa shape index (κ3) is 19.6. The number of hydrogen-bond acceptors (Lipinski definition) is 19. The van der Waals surface area contributed by atoms with Crippen molar-refractivity contribution < 1.29 is 68.6 Å². The van der Waals surface area contributed by atoms with Crippen LogP contribution in [-0.2, 0) is 74.7 Å². The molecule has 9 heterocycles. The Labute approximate surface area is 615 Å². The molecule has 23 nitrogen and oxygen atoms in total. The molecule has 0 spiro atoms. The number of anilines is 4. The fourth-order valence-corrected chi connectivity index (χ4v) is 14.8. The van der Waals surface area contributed by atoms with Crippen molar-refractivity contribution >= 4 is 68.2 Å². The van der Waals surface area contributed by atoms with Crippen molar-refractivity contribution in [3.05, 3.63) is 175 Å². The zero-order valence-electron chi connectivity index (χ0n) is 59.8. The van der Waals surface area contributed by atoms with Gasteiger partial charge in [-0.2, -0.15) is 46.3 Å². The Kier molecular flexibility index (Phi) is 25.8. The van der Waals surface area contributed by atoms with Crippen molar-refractivity contribution in [1.82, 2.24) is 39.5 Å². The quantitative estimate of drug-likeness (QED) is 0.0506. The fraction of sp³-hybridized carbons (Fsp3) is 0.500. The summed E-state index contributed by atoms with van der Waals surface area (Å²) in [7, 11) is 3.69. The number of halogens is 7. The van der Waals surface area contributed by atoms with E-state index in [0.29, 0.717) is 94.9 Å². The molecule has 5 saturated heterocycles. The molecule has 556 valence electrons. The summed E-state index contributed by atoms with van der Waals surface area (Å²) in [5.74, 6) is 1.26. The Balaban J connectivity index is 0.000000187. The minimum absolute atomic E-state index is 0.00406. The second-order valence-corrected chi connectivity index (χ2v) is 27.5. The predicted octanol–water partition coefficient (Wildman–Crippen LogP) is 11.9. The third-order valence-electron chi connectivity index (χ3n) is 19.9. The predicted molar refractivity (Wildman–Crippen MR) is 388 cm³/mol. The minimum atomic E-state index is -4.63. The first-order valence-corrected chi connectivity index (χ1v) is 35.9. The third-order valence-corrected chi connectivity index (χ3v) is 20.2. The average molecular weight is 1470 g/mol. The number of fused-ring (bicyclic) bond motifs is 2. The van der Waals surface area contributed by atoms with Crippen LogP contribution in [0.25, 0.3) is 9.69 Å². The summed E-state index contributed by atoms with van der Waals surface area (Å²) in [5, 5.41) is -0.357. The lowest BCUT2D eigenvalue weighted by atomic mass is 9.74. The van der Waals surface area contributed by atoms with Gasteiger partial charge < -0.3 is 71.8 Å². The van der Waals surface area contributed by atoms with Crippen molar-refractivity contribution in [1.29, 1.82) is 0 Å². The fourth-order valence-electron chi connectivity index (χ4n) is 14.5. The van der Waals surface area contributed by atoms with Crippen molar-refractivity contribution in [2.75, 3.05) is 125 Å². The Bertz CT molecular complexity index is 3780. The standard InChI is InChI=1S/C35H40F3N7O3.C34H37ClF3N7O3.C3H9B3O3/c1-24-9-7-13-30(31(24)35(36,37)38)43-16-14-28-29(21-43)40-33(47-23-26-12-8-15-42(26)3)41-32(28)44-17-18-45(27(20-44)19-39-2)34(46)48-22-25-10-5-4-6-11-25;1-39-18-25-19-44(16-17-45(25)33(46)48-21-23-8-4-3-5-9-23)31-26-13-15-43(29-12-6-11-27(35)30(29)34(36,37)38)20-28(26)40-32(41-31)47-22-24-10-7-14-42(24)2;1-4-7-5(2)9-6(3)8-4/h4-7,9-11,13,26-27H,8,12,14-23H2,1,3H3;3-6,8-9,11-12,24-25H,7,10,13-22H2,2H3;1-3H3/t26-,27-;24-,25-;/m00./s1. The highest BCUT2D eigenvalue weighted by Crippen LogP contribution is 2.45. The molecule has 4 aromatic carbocycles. The maximum atomic E-state index is 14.2. The zero-order valence-corrected chi connectivity index (χ0v) is 60.6. The van der Waals surface area contributed by atoms with E-state index in [2.05, 4.69) is 31.4 Å². The van der Waals surface area contributed by atoms with E-state index in [4.69, 9.17) is 77.3 Å². The van der Waals surface area contributed by atoms with Crippen LogP contribution in [0.15, 0.2) is 97.1 Å². The molecule has 13 rings (SSSR count). The number of likely N-dealkylation sites (tertiary alicyclic amines) is 2. The molecular weight excluding hydrogens is 1390 g/mol. The highest BCUT2D eigenvalue weighted by atomic mass is 35.5. The second kappa shape index (κ2) is 35.1. The van der Waals surface area contributed by atoms with Crippen LogP contribution in [0.5, 0.6) is 12.0 Å². The van der Waals surface area contributed by atoms with E-state index in [9.17, 15) is 35.9 Å². The molecule has 5 fully saturated rings. The molecule has 0 N–H and O–H groups in total. The number of alkyl halides is 6. The molecule has 2 amide bonds. The van der Waals surface area contributed by atoms with Crippen LogP contribution >= 0.6 is 11.6 Å². The highest BCUT2D eigenvalue weighted by molar-refractivity contribution is 6.72. The number of nitrogens with zero attached hydrogens (tertiary/aromatic N) is 14. The van der Waals surface area contributed by atoms with Gasteiger partial charge >= 0.3 is 57.9 Å². The number of rotatable bonds is 16. The Morgan fingerprint density at radius 1 is 0.543 bits per heavy atom. The van der Waals surface area contributed by atoms with Crippen LogP contribution in [0.4, 0.5) is 58.9 Å². The SMILES string of the molecule is CB1OB(C)OB(C)O1.[C-]#[N+]C[C@H]1CN(c2nc(OC[C@@H]3CCCN3C)nc3c2CCN(c2cccc(C)c2C(F)(F)F)C3)CCN1C(=O)OCc1ccccc1.[C-]#[N+]C[C@H]1CN(c2nc(OC[C@@H]3CCCN3C)nc3c2CCN(c2cccc(Cl)c2C(F)(F)F)C3)CCN1C(=O)OCc1ccccc1. The lowest BCUT2D eigenvalue weighted by Gasteiger charge is -2.41. The number of carbonyl (C=O) groups is 2. The number of benzene rings is 4. The Morgan fingerprint density at radius 3 is 1.36 bits per heavy atom. The van der Waals surface area contributed by atoms with Gasteiger partial charge in [-0.1, -0.05) is 90.5 Å². The summed E-state index contributed by atoms with van der Waals surface area (Å²) in [5.41, 5.74) is 3.37. The molecule has 7 aliphatic heterocycles. The molecule has 2 aromatic heterocycles. The van der Waals surface area contributed by atoms with Crippen LogP contribution in [0, 0.1) is 20.1 Å². The van der Waals surface area contributed by atoms with Gasteiger partial charge in [0.05, 0.1) is 46.3 Å². The first kappa shape index (κ1) is 77.3. The van der Waals surface area contributed by atoms with E-state index in [1.807, 2.05) is 93.1 Å². The van der Waals surface area contributed by atoms with E-state index in [1.165, 1.54) is 37.3 Å². The molecule has 0 radical (unpaired) electrons. The summed E-state index contributed by atoms with van der Waals surface area (Å²) in [6, 6.07) is 27.5. The van der Waals surface area contributed by atoms with Crippen LogP contribution in [-0.4, -0.2) is 203 Å². The number of carbonyl (C=O) groups excluding carboxylic acids is 2. The molecule has 6 aromatic rings. The van der Waals surface area contributed by atoms with Gasteiger partial charge in [0.15, 0.2) is 0 Å². The largest absolute Gasteiger partial charge is 0.462 e. The zero-order chi connectivity index (χ0) is 74.5. The molecule has 0 bridgehead atoms. The second-order valence-electron chi connectivity index (χ2n) is 27.1. The number of ether oxygens (including phenoxy) is 4. The average Bonchev–Trinajstić information content (AvgIpc) is 1.26. The first-order chi connectivity index (χ1) is 50.4. The van der Waals surface area contributed by atoms with Crippen LogP contribution in [0.1, 0.15) is 76.0 Å². The number of aromatic nitrogens is 4. The van der Waals surface area contributed by atoms with Crippen molar-refractivity contribution in [2.45, 2.75) is 129 Å². The number of piperazine rings is 2. The highest BCUT2D eigenvalue weighted by Gasteiger charge is 2.43. The van der Waals surface area contributed by atoms with E-state index in [-0.39, 0.29) is 113 Å². The van der Waals surface area contributed by atoms with Crippen LogP contribution in [0.3, 0.4) is 0 Å². The monoisotopic (exact) mass is 1470 g/mol. The van der Waals surface area contributed by atoms with Gasteiger partial charge in [0.2, 0.25) is 13.1 Å². The van der Waals surface area contributed by atoms with Crippen LogP contribution < -0.4 is 29.1 Å². The molecule has 105 heavy (non-hydrogen) atoms. The van der Waals surface area contributed by atoms with Gasteiger partial charge in [-0.15, -0.1) is 0 Å². The summed E-state index contributed by atoms with van der Waals surface area (Å²) in [6.45, 7) is 28.4. The number of hydrogen-bond donors (Lipinski definition) is 0. The van der Waals surface area contributed by atoms with E-state index in [0.717, 1.165) is 61.0 Å². The smallest absolute Gasteiger partial charge is 0.426 e. The maximum Gasteiger partial charge on any atom is 0.426 e. The lowest BCUT2D eigenvalue weighted by molar-refractivity contribution is -0.138. The minimum Gasteiger partial charge on any atom is -0.462 e. The summed E-state index contributed by atoms with van der Waals surface area (Å²) < 4.78 is 124. The van der Waals surface area contributed by atoms with E-state index in [1.54, 1.807) is 25.7 Å². The van der Waals surface area contributed by atoms with Gasteiger partial charge in [-0.3, -0.25) is 9.80 Å². The van der Waals surface area contributed by atoms with Crippen molar-refractivity contribution in [2.24, 2.45) is 0 Å². The summed E-state index contributed by atoms with van der Waals surface area (Å²) in [4.78, 5) is 67.9. The lowest BCUT2D eigenvalue weighted by Crippen LogP contribution is -2.57. The van der Waals surface area contributed by atoms with Crippen molar-refractivity contribution in [3.63, 3.8) is 0 Å². The molecule has 0 saturated carbocycles. The number of likely N-dealkylation sites (N-methyl/N-ethyl adjacent to an activating group) is 2. The number of aryl methyl sites for hydroxylation is 1. The Hall–Kier alpha value is -8.78. The summed E-state index contributed by atoms with van der Waals surface area (Å²) in [6.07, 6.45) is -5.16. The molecule has 0 aliphatic carbocycles. The first-order valence-electron chi connectivity index (χ1n) is 35.5. The van der Waals surface area contributed by atoms with Crippen molar-refractivity contribution in [3.8, 4) is 12.0 Å². The number of amides is 2. The van der Waals surface area contributed by atoms with Gasteiger partial charge in [0, 0.05) is 81.3 Å². The molecule has 33 heteroatoms. The van der Waals surface area contributed by atoms with Gasteiger partial charge in [-0.25, -0.2) is 22.7 Å². The van der Waals surface area contributed by atoms with Gasteiger partial charge in [0.25, 0.3) is 0 Å². The van der Waals surface area contributed by atoms with E-state index >= 15 is 0 Å². The normalized spacial score (nSPS) is 20.0. The molecule has 4 atom stereocenters.